The highest BCUT2D eigenvalue weighted by atomic mass is 127. The first-order valence-electron chi connectivity index (χ1n) is 7.17. The Morgan fingerprint density at radius 1 is 1.12 bits per heavy atom. The summed E-state index contributed by atoms with van der Waals surface area (Å²) in [7, 11) is 0. The van der Waals surface area contributed by atoms with Crippen LogP contribution in [0.3, 0.4) is 0 Å². The average Bonchev–Trinajstić information content (AvgIpc) is 3.17. The lowest BCUT2D eigenvalue weighted by Gasteiger charge is -2.03. The molecular weight excluding hydrogens is 478 g/mol. The normalized spacial score (nSPS) is 17.0. The Hall–Kier alpha value is -1.77. The third-order valence-corrected chi connectivity index (χ3v) is 4.99. The van der Waals surface area contributed by atoms with Crippen molar-refractivity contribution in [2.75, 3.05) is 6.79 Å². The predicted molar refractivity (Wildman–Crippen MR) is 104 cm³/mol. The minimum atomic E-state index is -0.321. The highest BCUT2D eigenvalue weighted by molar-refractivity contribution is 14.1. The maximum absolute atomic E-state index is 12.3. The summed E-state index contributed by atoms with van der Waals surface area (Å²) in [4.78, 5) is 16.6. The molecule has 25 heavy (non-hydrogen) atoms. The molecular formula is C17H9Cl2IN2O3. The van der Waals surface area contributed by atoms with E-state index in [1.165, 1.54) is 0 Å². The van der Waals surface area contributed by atoms with Crippen molar-refractivity contribution in [3.63, 3.8) is 0 Å². The number of rotatable bonds is 2. The number of amidine groups is 1. The molecule has 126 valence electrons. The molecule has 4 rings (SSSR count). The summed E-state index contributed by atoms with van der Waals surface area (Å²) in [5.41, 5.74) is 1.53. The van der Waals surface area contributed by atoms with Gasteiger partial charge in [-0.2, -0.15) is 0 Å². The molecule has 0 aliphatic carbocycles. The fourth-order valence-electron chi connectivity index (χ4n) is 2.47. The van der Waals surface area contributed by atoms with Gasteiger partial charge in [-0.15, -0.1) is 0 Å². The third kappa shape index (κ3) is 3.21. The van der Waals surface area contributed by atoms with Crippen molar-refractivity contribution in [2.24, 2.45) is 4.99 Å². The van der Waals surface area contributed by atoms with Crippen molar-refractivity contribution in [3.05, 3.63) is 60.8 Å². The molecule has 2 aliphatic rings. The molecule has 0 unspecified atom stereocenters. The number of ether oxygens (including phenoxy) is 2. The van der Waals surface area contributed by atoms with Crippen LogP contribution in [0.1, 0.15) is 11.1 Å². The third-order valence-electron chi connectivity index (χ3n) is 3.66. The van der Waals surface area contributed by atoms with Gasteiger partial charge in [0.1, 0.15) is 11.5 Å². The number of nitrogens with one attached hydrogen (secondary N) is 1. The fraction of sp³-hybridized carbons (Fsp3) is 0.0588. The van der Waals surface area contributed by atoms with Gasteiger partial charge in [-0.3, -0.25) is 4.79 Å². The molecule has 0 radical (unpaired) electrons. The maximum Gasteiger partial charge on any atom is 0.275 e. The van der Waals surface area contributed by atoms with E-state index in [-0.39, 0.29) is 18.4 Å². The number of carbonyl (C=O) groups excluding carboxylic acids is 1. The number of carbonyl (C=O) groups is 1. The zero-order valence-corrected chi connectivity index (χ0v) is 16.1. The number of benzene rings is 2. The predicted octanol–water partition coefficient (Wildman–Crippen LogP) is 4.24. The average molecular weight is 487 g/mol. The largest absolute Gasteiger partial charge is 0.454 e. The minimum Gasteiger partial charge on any atom is -0.454 e. The molecule has 0 fully saturated rings. The van der Waals surface area contributed by atoms with E-state index in [1.807, 2.05) is 12.1 Å². The number of halogens is 3. The SMILES string of the molecule is O=C1NC(c2cc(I)ccc2Cl)=N/C1=C/c1cc2c(cc1Cl)OCO2. The van der Waals surface area contributed by atoms with Crippen molar-refractivity contribution in [1.82, 2.24) is 5.32 Å². The lowest BCUT2D eigenvalue weighted by molar-refractivity contribution is -0.115. The van der Waals surface area contributed by atoms with E-state index in [0.29, 0.717) is 38.5 Å². The van der Waals surface area contributed by atoms with E-state index in [2.05, 4.69) is 32.9 Å². The number of amides is 1. The second-order valence-corrected chi connectivity index (χ2v) is 7.36. The number of hydrogen-bond donors (Lipinski definition) is 1. The number of aliphatic imine (C=N–C) groups is 1. The van der Waals surface area contributed by atoms with Crippen LogP contribution in [0.2, 0.25) is 10.0 Å². The smallest absolute Gasteiger partial charge is 0.275 e. The standard InChI is InChI=1S/C17H9Cl2IN2O3/c18-11-2-1-9(20)5-10(11)16-21-13(17(23)22-16)3-8-4-14-15(6-12(8)19)25-7-24-14/h1-6H,7H2,(H,21,22,23)/b13-3+. The first-order valence-corrected chi connectivity index (χ1v) is 9.01. The Kier molecular flexibility index (Phi) is 4.35. The van der Waals surface area contributed by atoms with E-state index in [0.717, 1.165) is 3.57 Å². The van der Waals surface area contributed by atoms with E-state index in [1.54, 1.807) is 24.3 Å². The Bertz CT molecular complexity index is 973. The molecule has 8 heteroatoms. The number of hydrogen-bond acceptors (Lipinski definition) is 4. The van der Waals surface area contributed by atoms with Gasteiger partial charge in [-0.05, 0) is 58.5 Å². The molecule has 1 N–H and O–H groups in total. The van der Waals surface area contributed by atoms with Crippen molar-refractivity contribution in [1.29, 1.82) is 0 Å². The van der Waals surface area contributed by atoms with Crippen LogP contribution in [0.25, 0.3) is 6.08 Å². The van der Waals surface area contributed by atoms with Crippen LogP contribution in [0, 0.1) is 3.57 Å². The Balaban J connectivity index is 1.73. The van der Waals surface area contributed by atoms with Crippen molar-refractivity contribution in [3.8, 4) is 11.5 Å². The monoisotopic (exact) mass is 486 g/mol. The zero-order chi connectivity index (χ0) is 17.6. The minimum absolute atomic E-state index is 0.152. The Labute approximate surface area is 166 Å². The van der Waals surface area contributed by atoms with Crippen LogP contribution < -0.4 is 14.8 Å². The molecule has 0 atom stereocenters. The number of nitrogens with zero attached hydrogens (tertiary/aromatic N) is 1. The van der Waals surface area contributed by atoms with Gasteiger partial charge in [0.2, 0.25) is 6.79 Å². The van der Waals surface area contributed by atoms with E-state index in [9.17, 15) is 4.79 Å². The van der Waals surface area contributed by atoms with Gasteiger partial charge in [-0.1, -0.05) is 23.2 Å². The molecule has 2 aromatic rings. The Morgan fingerprint density at radius 3 is 2.68 bits per heavy atom. The van der Waals surface area contributed by atoms with Gasteiger partial charge in [-0.25, -0.2) is 4.99 Å². The molecule has 1 amide bonds. The van der Waals surface area contributed by atoms with Crippen molar-refractivity contribution < 1.29 is 14.3 Å². The summed E-state index contributed by atoms with van der Waals surface area (Å²) in [6, 6.07) is 8.89. The first-order chi connectivity index (χ1) is 12.0. The molecule has 2 aliphatic heterocycles. The van der Waals surface area contributed by atoms with Crippen LogP contribution in [0.5, 0.6) is 11.5 Å². The summed E-state index contributed by atoms with van der Waals surface area (Å²) < 4.78 is 11.6. The first kappa shape index (κ1) is 16.7. The topological polar surface area (TPSA) is 59.9 Å². The summed E-state index contributed by atoms with van der Waals surface area (Å²) in [5, 5.41) is 3.70. The highest BCUT2D eigenvalue weighted by Crippen LogP contribution is 2.37. The van der Waals surface area contributed by atoms with E-state index < -0.39 is 0 Å². The summed E-state index contributed by atoms with van der Waals surface area (Å²) in [6.45, 7) is 0.152. The van der Waals surface area contributed by atoms with Crippen LogP contribution in [-0.2, 0) is 4.79 Å². The summed E-state index contributed by atoms with van der Waals surface area (Å²) in [6.07, 6.45) is 1.61. The maximum atomic E-state index is 12.3. The number of fused-ring (bicyclic) bond motifs is 1. The van der Waals surface area contributed by atoms with Crippen molar-refractivity contribution in [2.45, 2.75) is 0 Å². The zero-order valence-electron chi connectivity index (χ0n) is 12.5. The Morgan fingerprint density at radius 2 is 1.88 bits per heavy atom. The molecule has 0 aromatic heterocycles. The quantitative estimate of drug-likeness (QED) is 0.510. The lowest BCUT2D eigenvalue weighted by atomic mass is 10.1. The van der Waals surface area contributed by atoms with E-state index >= 15 is 0 Å². The molecule has 0 spiro atoms. The van der Waals surface area contributed by atoms with Gasteiger partial charge < -0.3 is 14.8 Å². The molecule has 0 saturated carbocycles. The van der Waals surface area contributed by atoms with Crippen LogP contribution >= 0.6 is 45.8 Å². The van der Waals surface area contributed by atoms with E-state index in [4.69, 9.17) is 32.7 Å². The second kappa shape index (κ2) is 6.51. The fourth-order valence-corrected chi connectivity index (χ4v) is 3.37. The molecule has 5 nitrogen and oxygen atoms in total. The van der Waals surface area contributed by atoms with Crippen LogP contribution in [0.4, 0.5) is 0 Å². The second-order valence-electron chi connectivity index (χ2n) is 5.30. The molecule has 0 bridgehead atoms. The van der Waals surface area contributed by atoms with Crippen LogP contribution in [-0.4, -0.2) is 18.5 Å². The molecule has 2 aromatic carbocycles. The van der Waals surface area contributed by atoms with Gasteiger partial charge >= 0.3 is 0 Å². The van der Waals surface area contributed by atoms with Gasteiger partial charge in [0.05, 0.1) is 10.0 Å². The van der Waals surface area contributed by atoms with Gasteiger partial charge in [0, 0.05) is 15.2 Å². The summed E-state index contributed by atoms with van der Waals surface area (Å²) >= 11 is 14.6. The lowest BCUT2D eigenvalue weighted by Crippen LogP contribution is -2.25. The van der Waals surface area contributed by atoms with Gasteiger partial charge in [0.15, 0.2) is 11.5 Å². The van der Waals surface area contributed by atoms with Gasteiger partial charge in [0.25, 0.3) is 5.91 Å². The van der Waals surface area contributed by atoms with Crippen LogP contribution in [0.15, 0.2) is 41.0 Å². The molecule has 0 saturated heterocycles. The highest BCUT2D eigenvalue weighted by Gasteiger charge is 2.24. The summed E-state index contributed by atoms with van der Waals surface area (Å²) in [5.74, 6) is 1.26. The van der Waals surface area contributed by atoms with Crippen molar-refractivity contribution >= 4 is 63.6 Å². The molecule has 2 heterocycles.